The van der Waals surface area contributed by atoms with Crippen LogP contribution in [-0.2, 0) is 14.3 Å². The summed E-state index contributed by atoms with van der Waals surface area (Å²) in [7, 11) is 3.14. The van der Waals surface area contributed by atoms with Gasteiger partial charge in [-0.3, -0.25) is 9.59 Å². The third-order valence-corrected chi connectivity index (χ3v) is 2.54. The zero-order valence-corrected chi connectivity index (χ0v) is 13.0. The van der Waals surface area contributed by atoms with Gasteiger partial charge in [0.1, 0.15) is 5.75 Å². The van der Waals surface area contributed by atoms with Crippen molar-refractivity contribution in [3.8, 4) is 5.75 Å². The van der Waals surface area contributed by atoms with Crippen molar-refractivity contribution >= 4 is 30.0 Å². The van der Waals surface area contributed by atoms with E-state index in [1.807, 2.05) is 0 Å². The van der Waals surface area contributed by atoms with E-state index in [0.29, 0.717) is 24.4 Å². The smallest absolute Gasteiger partial charge is 0.308 e. The van der Waals surface area contributed by atoms with Crippen molar-refractivity contribution in [1.82, 2.24) is 5.32 Å². The van der Waals surface area contributed by atoms with Crippen LogP contribution in [0.3, 0.4) is 0 Å². The molecule has 0 saturated heterocycles. The first-order valence-electron chi connectivity index (χ1n) is 6.40. The Morgan fingerprint density at radius 3 is 2.38 bits per heavy atom. The zero-order valence-electron chi connectivity index (χ0n) is 12.2. The molecule has 0 aliphatic carbocycles. The zero-order chi connectivity index (χ0) is 14.8. The molecule has 0 fully saturated rings. The molecule has 0 unspecified atom stereocenters. The molecule has 0 aliphatic heterocycles. The predicted molar refractivity (Wildman–Crippen MR) is 83.0 cm³/mol. The lowest BCUT2D eigenvalue weighted by atomic mass is 10.3. The lowest BCUT2D eigenvalue weighted by Gasteiger charge is -2.08. The number of rotatable bonds is 8. The number of benzene rings is 1. The van der Waals surface area contributed by atoms with Gasteiger partial charge in [-0.2, -0.15) is 0 Å². The van der Waals surface area contributed by atoms with Gasteiger partial charge in [-0.15, -0.1) is 12.4 Å². The summed E-state index contributed by atoms with van der Waals surface area (Å²) in [6.45, 7) is 0.904. The number of ether oxygens (including phenoxy) is 2. The molecule has 1 amide bonds. The maximum absolute atomic E-state index is 11.5. The number of methoxy groups -OCH3 is 1. The highest BCUT2D eigenvalue weighted by Gasteiger charge is 2.03. The molecule has 0 aliphatic rings. The summed E-state index contributed by atoms with van der Waals surface area (Å²) in [6, 6.07) is 6.99. The summed E-state index contributed by atoms with van der Waals surface area (Å²) in [5.41, 5.74) is 0.714. The predicted octanol–water partition coefficient (Wildman–Crippen LogP) is 1.60. The molecule has 1 aromatic rings. The van der Waals surface area contributed by atoms with Gasteiger partial charge in [0.2, 0.25) is 5.91 Å². The van der Waals surface area contributed by atoms with Crippen molar-refractivity contribution < 1.29 is 19.1 Å². The van der Waals surface area contributed by atoms with Crippen molar-refractivity contribution in [2.75, 3.05) is 32.6 Å². The average Bonchev–Trinajstić information content (AvgIpc) is 2.46. The third kappa shape index (κ3) is 8.16. The van der Waals surface area contributed by atoms with E-state index in [9.17, 15) is 9.59 Å². The summed E-state index contributed by atoms with van der Waals surface area (Å²) in [5.74, 6) is 0.291. The number of hydrogen-bond donors (Lipinski definition) is 2. The molecule has 21 heavy (non-hydrogen) atoms. The second-order valence-corrected chi connectivity index (χ2v) is 4.10. The molecule has 7 heteroatoms. The number of carbonyl (C=O) groups excluding carboxylic acids is 2. The summed E-state index contributed by atoms with van der Waals surface area (Å²) < 4.78 is 9.89. The van der Waals surface area contributed by atoms with Crippen LogP contribution in [0.15, 0.2) is 24.3 Å². The van der Waals surface area contributed by atoms with E-state index in [4.69, 9.17) is 4.74 Å². The minimum absolute atomic E-state index is 0. The number of nitrogens with one attached hydrogen (secondary N) is 2. The molecule has 0 radical (unpaired) electrons. The summed E-state index contributed by atoms with van der Waals surface area (Å²) in [5, 5.41) is 5.69. The van der Waals surface area contributed by atoms with Crippen molar-refractivity contribution in [2.45, 2.75) is 12.8 Å². The van der Waals surface area contributed by atoms with Crippen LogP contribution in [0.25, 0.3) is 0 Å². The van der Waals surface area contributed by atoms with Crippen LogP contribution < -0.4 is 15.4 Å². The molecular formula is C14H21ClN2O4. The Morgan fingerprint density at radius 1 is 1.14 bits per heavy atom. The molecule has 0 spiro atoms. The first kappa shape index (κ1) is 19.2. The molecule has 6 nitrogen and oxygen atoms in total. The van der Waals surface area contributed by atoms with Crippen molar-refractivity contribution in [3.05, 3.63) is 24.3 Å². The van der Waals surface area contributed by atoms with Gasteiger partial charge >= 0.3 is 5.97 Å². The Kier molecular flexibility index (Phi) is 10.0. The Balaban J connectivity index is 0.00000400. The van der Waals surface area contributed by atoms with Crippen LogP contribution in [0.2, 0.25) is 0 Å². The van der Waals surface area contributed by atoms with Gasteiger partial charge < -0.3 is 20.1 Å². The molecular weight excluding hydrogens is 296 g/mol. The monoisotopic (exact) mass is 316 g/mol. The van der Waals surface area contributed by atoms with Crippen molar-refractivity contribution in [2.24, 2.45) is 0 Å². The van der Waals surface area contributed by atoms with Crippen LogP contribution in [0.1, 0.15) is 12.8 Å². The number of esters is 1. The molecule has 0 atom stereocenters. The third-order valence-electron chi connectivity index (χ3n) is 2.54. The van der Waals surface area contributed by atoms with Gasteiger partial charge in [0.25, 0.3) is 0 Å². The number of amides is 1. The van der Waals surface area contributed by atoms with E-state index in [-0.39, 0.29) is 37.3 Å². The fourth-order valence-electron chi connectivity index (χ4n) is 1.45. The molecule has 2 N–H and O–H groups in total. The second-order valence-electron chi connectivity index (χ2n) is 4.10. The fraction of sp³-hybridized carbons (Fsp3) is 0.429. The van der Waals surface area contributed by atoms with Crippen LogP contribution in [0.4, 0.5) is 5.69 Å². The molecule has 1 aromatic carbocycles. The number of carbonyl (C=O) groups is 2. The average molecular weight is 317 g/mol. The molecule has 1 rings (SSSR count). The molecule has 0 bridgehead atoms. The standard InChI is InChI=1S/C14H20N2O4.ClH/c1-15-9-7-13(17)16-11-3-5-12(6-4-11)20-10-8-14(18)19-2;/h3-6,15H,7-10H2,1-2H3,(H,16,17);1H. The Hall–Kier alpha value is -1.79. The Morgan fingerprint density at radius 2 is 1.81 bits per heavy atom. The topological polar surface area (TPSA) is 76.7 Å². The van der Waals surface area contributed by atoms with E-state index in [1.165, 1.54) is 7.11 Å². The first-order valence-corrected chi connectivity index (χ1v) is 6.40. The Bertz CT molecular complexity index is 437. The molecule has 0 heterocycles. The van der Waals surface area contributed by atoms with Gasteiger partial charge in [-0.25, -0.2) is 0 Å². The van der Waals surface area contributed by atoms with E-state index >= 15 is 0 Å². The quantitative estimate of drug-likeness (QED) is 0.712. The fourth-order valence-corrected chi connectivity index (χ4v) is 1.45. The van der Waals surface area contributed by atoms with Gasteiger partial charge in [0.15, 0.2) is 0 Å². The van der Waals surface area contributed by atoms with Crippen molar-refractivity contribution in [3.63, 3.8) is 0 Å². The minimum Gasteiger partial charge on any atom is -0.493 e. The SMILES string of the molecule is CNCCC(=O)Nc1ccc(OCCC(=O)OC)cc1.Cl. The van der Waals surface area contributed by atoms with Gasteiger partial charge in [0, 0.05) is 18.7 Å². The largest absolute Gasteiger partial charge is 0.493 e. The number of anilines is 1. The normalized spacial score (nSPS) is 9.43. The lowest BCUT2D eigenvalue weighted by molar-refractivity contribution is -0.141. The van der Waals surface area contributed by atoms with E-state index < -0.39 is 0 Å². The van der Waals surface area contributed by atoms with Crippen LogP contribution in [0, 0.1) is 0 Å². The highest BCUT2D eigenvalue weighted by atomic mass is 35.5. The molecule has 118 valence electrons. The van der Waals surface area contributed by atoms with Crippen LogP contribution in [-0.4, -0.2) is 39.2 Å². The second kappa shape index (κ2) is 10.9. The summed E-state index contributed by atoms with van der Waals surface area (Å²) in [6.07, 6.45) is 0.632. The van der Waals surface area contributed by atoms with E-state index in [2.05, 4.69) is 15.4 Å². The summed E-state index contributed by atoms with van der Waals surface area (Å²) >= 11 is 0. The number of hydrogen-bond acceptors (Lipinski definition) is 5. The molecule has 0 saturated carbocycles. The first-order chi connectivity index (χ1) is 9.65. The van der Waals surface area contributed by atoms with Crippen LogP contribution in [0.5, 0.6) is 5.75 Å². The Labute approximate surface area is 130 Å². The maximum atomic E-state index is 11.5. The van der Waals surface area contributed by atoms with Crippen molar-refractivity contribution in [1.29, 1.82) is 0 Å². The summed E-state index contributed by atoms with van der Waals surface area (Å²) in [4.78, 5) is 22.4. The highest BCUT2D eigenvalue weighted by molar-refractivity contribution is 5.90. The van der Waals surface area contributed by atoms with E-state index in [1.54, 1.807) is 31.3 Å². The van der Waals surface area contributed by atoms with Crippen LogP contribution >= 0.6 is 12.4 Å². The lowest BCUT2D eigenvalue weighted by Crippen LogP contribution is -2.18. The van der Waals surface area contributed by atoms with Gasteiger partial charge in [0.05, 0.1) is 20.1 Å². The minimum atomic E-state index is -0.307. The highest BCUT2D eigenvalue weighted by Crippen LogP contribution is 2.16. The molecule has 0 aromatic heterocycles. The number of halogens is 1. The maximum Gasteiger partial charge on any atom is 0.308 e. The van der Waals surface area contributed by atoms with E-state index in [0.717, 1.165) is 0 Å². The van der Waals surface area contributed by atoms with Gasteiger partial charge in [-0.05, 0) is 31.3 Å². The van der Waals surface area contributed by atoms with Gasteiger partial charge in [-0.1, -0.05) is 0 Å².